The molecule has 0 atom stereocenters. The zero-order valence-corrected chi connectivity index (χ0v) is 20.8. The van der Waals surface area contributed by atoms with Crippen LogP contribution in [0.5, 0.6) is 0 Å². The molecule has 2 aromatic carbocycles. The number of aromatic nitrogens is 1. The van der Waals surface area contributed by atoms with Crippen molar-refractivity contribution in [3.05, 3.63) is 84.2 Å². The molecule has 36 heavy (non-hydrogen) atoms. The van der Waals surface area contributed by atoms with Crippen LogP contribution in [0.3, 0.4) is 0 Å². The molecule has 1 aromatic heterocycles. The summed E-state index contributed by atoms with van der Waals surface area (Å²) >= 11 is 1.80. The van der Waals surface area contributed by atoms with Crippen molar-refractivity contribution in [2.24, 2.45) is 4.99 Å². The fraction of sp³-hybridized carbons (Fsp3) is 0.296. The highest BCUT2D eigenvalue weighted by atomic mass is 32.2. The summed E-state index contributed by atoms with van der Waals surface area (Å²) < 4.78 is 5.40. The summed E-state index contributed by atoms with van der Waals surface area (Å²) in [5.74, 6) is 0.141. The van der Waals surface area contributed by atoms with Crippen molar-refractivity contribution in [1.82, 2.24) is 14.8 Å². The zero-order valence-electron chi connectivity index (χ0n) is 20.0. The molecule has 0 spiro atoms. The zero-order chi connectivity index (χ0) is 25.2. The van der Waals surface area contributed by atoms with E-state index in [9.17, 15) is 4.79 Å². The maximum Gasteiger partial charge on any atom is 0.337 e. The number of rotatable bonds is 6. The van der Waals surface area contributed by atoms with E-state index in [4.69, 9.17) is 19.9 Å². The van der Waals surface area contributed by atoms with Gasteiger partial charge in [0, 0.05) is 60.5 Å². The van der Waals surface area contributed by atoms with Gasteiger partial charge in [-0.2, -0.15) is 0 Å². The number of para-hydroxylation sites is 1. The van der Waals surface area contributed by atoms with E-state index in [1.165, 1.54) is 33.8 Å². The number of aliphatic hydroxyl groups is 1. The minimum absolute atomic E-state index is 0.0898. The van der Waals surface area contributed by atoms with Crippen molar-refractivity contribution >= 4 is 29.3 Å². The lowest BCUT2D eigenvalue weighted by molar-refractivity contribution is 0.0652. The minimum atomic E-state index is -0.942. The second-order valence-corrected chi connectivity index (χ2v) is 9.30. The van der Waals surface area contributed by atoms with E-state index in [1.54, 1.807) is 17.8 Å². The van der Waals surface area contributed by atoms with Crippen LogP contribution in [0.4, 0.5) is 5.69 Å². The molecule has 0 radical (unpaired) electrons. The van der Waals surface area contributed by atoms with Crippen molar-refractivity contribution in [1.29, 1.82) is 0 Å². The molecule has 0 bridgehead atoms. The highest BCUT2D eigenvalue weighted by Crippen LogP contribution is 2.40. The normalized spacial score (nSPS) is 15.0. The average Bonchev–Trinajstić information content (AvgIpc) is 3.09. The number of pyridine rings is 1. The van der Waals surface area contributed by atoms with Gasteiger partial charge in [-0.05, 0) is 30.3 Å². The number of carboxylic acids is 1. The number of hydrogen-bond donors (Lipinski definition) is 2. The summed E-state index contributed by atoms with van der Waals surface area (Å²) in [5.41, 5.74) is 2.49. The molecule has 2 N–H and O–H groups in total. The summed E-state index contributed by atoms with van der Waals surface area (Å²) in [6.45, 7) is 6.01. The molecule has 0 amide bonds. The van der Waals surface area contributed by atoms with Gasteiger partial charge in [-0.15, -0.1) is 0 Å². The summed E-state index contributed by atoms with van der Waals surface area (Å²) in [6.07, 6.45) is 2.84. The molecular weight excluding hydrogens is 476 g/mol. The average molecular weight is 507 g/mol. The Labute approximate surface area is 215 Å². The molecule has 5 rings (SSSR count). The lowest BCUT2D eigenvalue weighted by Crippen LogP contribution is -2.49. The van der Waals surface area contributed by atoms with Gasteiger partial charge in [0.25, 0.3) is 0 Å². The molecule has 9 heteroatoms. The number of piperazine rings is 1. The number of benzene rings is 2. The smallest absolute Gasteiger partial charge is 0.337 e. The van der Waals surface area contributed by atoms with Gasteiger partial charge in [-0.25, -0.2) is 9.79 Å². The summed E-state index contributed by atoms with van der Waals surface area (Å²) in [4.78, 5) is 26.2. The van der Waals surface area contributed by atoms with E-state index < -0.39 is 5.97 Å². The van der Waals surface area contributed by atoms with Gasteiger partial charge in [0.05, 0.1) is 31.1 Å². The quantitative estimate of drug-likeness (QED) is 0.489. The van der Waals surface area contributed by atoms with Crippen molar-refractivity contribution in [2.75, 3.05) is 52.5 Å². The molecule has 1 saturated heterocycles. The topological polar surface area (TPSA) is 98.5 Å². The summed E-state index contributed by atoms with van der Waals surface area (Å²) in [6, 6.07) is 20.0. The second-order valence-electron chi connectivity index (χ2n) is 8.21. The Hall–Kier alpha value is -3.24. The number of amidine groups is 1. The molecule has 0 saturated carbocycles. The van der Waals surface area contributed by atoms with E-state index in [0.717, 1.165) is 44.2 Å². The molecule has 8 nitrogen and oxygen atoms in total. The van der Waals surface area contributed by atoms with Crippen LogP contribution in [0.2, 0.25) is 0 Å². The Kier molecular flexibility index (Phi) is 9.46. The third-order valence-corrected chi connectivity index (χ3v) is 6.95. The Morgan fingerprint density at radius 2 is 1.69 bits per heavy atom. The fourth-order valence-corrected chi connectivity index (χ4v) is 4.96. The van der Waals surface area contributed by atoms with Crippen LogP contribution in [0, 0.1) is 0 Å². The number of aliphatic hydroxyl groups excluding tert-OH is 1. The molecule has 0 aliphatic carbocycles. The fourth-order valence-electron chi connectivity index (χ4n) is 3.94. The summed E-state index contributed by atoms with van der Waals surface area (Å²) in [7, 11) is 0. The number of hydrogen-bond acceptors (Lipinski definition) is 8. The molecule has 188 valence electrons. The predicted molar refractivity (Wildman–Crippen MR) is 140 cm³/mol. The molecule has 3 heterocycles. The number of aromatic carboxylic acids is 1. The largest absolute Gasteiger partial charge is 0.478 e. The molecule has 1 fully saturated rings. The van der Waals surface area contributed by atoms with Crippen LogP contribution < -0.4 is 0 Å². The first-order valence-corrected chi connectivity index (χ1v) is 12.7. The van der Waals surface area contributed by atoms with Crippen LogP contribution in [-0.2, 0) is 4.74 Å². The highest BCUT2D eigenvalue weighted by molar-refractivity contribution is 7.99. The number of aliphatic imine (C=N–C) groups is 1. The van der Waals surface area contributed by atoms with E-state index in [-0.39, 0.29) is 12.2 Å². The summed E-state index contributed by atoms with van der Waals surface area (Å²) in [5, 5.41) is 17.1. The van der Waals surface area contributed by atoms with Gasteiger partial charge in [-0.3, -0.25) is 9.88 Å². The van der Waals surface area contributed by atoms with E-state index >= 15 is 0 Å². The van der Waals surface area contributed by atoms with Gasteiger partial charge in [0.15, 0.2) is 0 Å². The predicted octanol–water partition coefficient (Wildman–Crippen LogP) is 3.64. The first-order valence-electron chi connectivity index (χ1n) is 11.9. The lowest BCUT2D eigenvalue weighted by Gasteiger charge is -2.36. The third-order valence-electron chi connectivity index (χ3n) is 5.81. The number of ether oxygens (including phenoxy) is 1. The van der Waals surface area contributed by atoms with Crippen molar-refractivity contribution < 1.29 is 19.7 Å². The highest BCUT2D eigenvalue weighted by Gasteiger charge is 2.25. The minimum Gasteiger partial charge on any atom is -0.478 e. The number of fused-ring (bicyclic) bond motifs is 2. The Bertz CT molecular complexity index is 1170. The number of carboxylic acid groups (broad SMARTS) is 1. The van der Waals surface area contributed by atoms with E-state index in [0.29, 0.717) is 13.2 Å². The van der Waals surface area contributed by atoms with E-state index in [2.05, 4.69) is 63.3 Å². The van der Waals surface area contributed by atoms with Gasteiger partial charge in [0.1, 0.15) is 5.84 Å². The molecular formula is C27H30N4O4S. The SMILES string of the molecule is O=C(O)c1cccnc1.OCCOCCN1CCN(C2=Nc3ccccc3Sc3ccccc32)CC1. The molecule has 2 aliphatic heterocycles. The molecule has 3 aromatic rings. The lowest BCUT2D eigenvalue weighted by atomic mass is 10.1. The van der Waals surface area contributed by atoms with Gasteiger partial charge < -0.3 is 19.8 Å². The molecule has 0 unspecified atom stereocenters. The Balaban J connectivity index is 0.000000286. The number of nitrogens with zero attached hydrogens (tertiary/aromatic N) is 4. The monoisotopic (exact) mass is 506 g/mol. The second kappa shape index (κ2) is 13.2. The maximum atomic E-state index is 10.2. The first-order chi connectivity index (χ1) is 17.7. The van der Waals surface area contributed by atoms with E-state index in [1.807, 2.05) is 0 Å². The first kappa shape index (κ1) is 25.8. The standard InChI is InChI=1S/C21H25N3O2S.C6H5NO2/c25-14-16-26-15-13-23-9-11-24(12-10-23)21-17-5-1-3-7-19(17)27-20-8-4-2-6-18(20)22-21;8-6(9)5-2-1-3-7-4-5/h1-8,25H,9-16H2;1-4H,(H,8,9). The number of carbonyl (C=O) groups is 1. The molecule has 2 aliphatic rings. The Morgan fingerprint density at radius 3 is 2.39 bits per heavy atom. The van der Waals surface area contributed by atoms with Gasteiger partial charge in [0.2, 0.25) is 0 Å². The van der Waals surface area contributed by atoms with Gasteiger partial charge in [-0.1, -0.05) is 42.1 Å². The van der Waals surface area contributed by atoms with Crippen LogP contribution >= 0.6 is 11.8 Å². The maximum absolute atomic E-state index is 10.2. The van der Waals surface area contributed by atoms with Gasteiger partial charge >= 0.3 is 5.97 Å². The van der Waals surface area contributed by atoms with Crippen molar-refractivity contribution in [2.45, 2.75) is 9.79 Å². The van der Waals surface area contributed by atoms with Crippen LogP contribution in [0.15, 0.2) is 87.8 Å². The third kappa shape index (κ3) is 6.92. The van der Waals surface area contributed by atoms with Crippen molar-refractivity contribution in [3.63, 3.8) is 0 Å². The van der Waals surface area contributed by atoms with Crippen LogP contribution in [0.25, 0.3) is 0 Å². The Morgan fingerprint density at radius 1 is 0.944 bits per heavy atom. The van der Waals surface area contributed by atoms with Crippen LogP contribution in [0.1, 0.15) is 15.9 Å². The van der Waals surface area contributed by atoms with Crippen LogP contribution in [-0.4, -0.2) is 89.3 Å². The van der Waals surface area contributed by atoms with Crippen molar-refractivity contribution in [3.8, 4) is 0 Å².